The largest absolute Gasteiger partial charge is 0.326 e. The monoisotopic (exact) mass is 181 g/mol. The van der Waals surface area contributed by atoms with E-state index < -0.39 is 0 Å². The van der Waals surface area contributed by atoms with Gasteiger partial charge in [0, 0.05) is 17.8 Å². The molecular weight excluding hydrogens is 162 g/mol. The number of hydrogen-bond acceptors (Lipinski definition) is 2. The van der Waals surface area contributed by atoms with Gasteiger partial charge < -0.3 is 5.73 Å². The minimum Gasteiger partial charge on any atom is -0.326 e. The fourth-order valence-corrected chi connectivity index (χ4v) is 1.35. The van der Waals surface area contributed by atoms with Crippen LogP contribution in [0.4, 0.5) is 0 Å². The lowest BCUT2D eigenvalue weighted by Gasteiger charge is -2.18. The molecule has 3 heteroatoms. The van der Waals surface area contributed by atoms with Gasteiger partial charge in [-0.25, -0.2) is 0 Å². The van der Waals surface area contributed by atoms with Crippen molar-refractivity contribution >= 4 is 0 Å². The van der Waals surface area contributed by atoms with Gasteiger partial charge in [0.15, 0.2) is 0 Å². The van der Waals surface area contributed by atoms with Crippen LogP contribution in [0.2, 0.25) is 0 Å². The molecule has 0 fully saturated rings. The van der Waals surface area contributed by atoms with E-state index in [1.165, 1.54) is 5.69 Å². The van der Waals surface area contributed by atoms with Crippen molar-refractivity contribution in [2.45, 2.75) is 40.3 Å². The standard InChI is InChI=1S/C10H19N3/c1-7(2)8(3)13-9(4)10(5-11)6-12-13/h6-8H,5,11H2,1-4H3. The first-order chi connectivity index (χ1) is 6.07. The highest BCUT2D eigenvalue weighted by atomic mass is 15.3. The Morgan fingerprint density at radius 3 is 2.46 bits per heavy atom. The zero-order valence-electron chi connectivity index (χ0n) is 8.91. The maximum absolute atomic E-state index is 5.59. The summed E-state index contributed by atoms with van der Waals surface area (Å²) in [7, 11) is 0. The molecule has 2 N–H and O–H groups in total. The van der Waals surface area contributed by atoms with E-state index in [0.717, 1.165) is 5.56 Å². The lowest BCUT2D eigenvalue weighted by atomic mass is 10.1. The molecule has 0 aliphatic carbocycles. The lowest BCUT2D eigenvalue weighted by molar-refractivity contribution is 0.368. The first kappa shape index (κ1) is 10.3. The van der Waals surface area contributed by atoms with Gasteiger partial charge in [0.2, 0.25) is 0 Å². The van der Waals surface area contributed by atoms with Crippen LogP contribution in [-0.2, 0) is 6.54 Å². The highest BCUT2D eigenvalue weighted by molar-refractivity contribution is 5.16. The van der Waals surface area contributed by atoms with Gasteiger partial charge >= 0.3 is 0 Å². The molecule has 0 radical (unpaired) electrons. The Labute approximate surface area is 79.9 Å². The van der Waals surface area contributed by atoms with Gasteiger partial charge in [-0.3, -0.25) is 4.68 Å². The summed E-state index contributed by atoms with van der Waals surface area (Å²) in [6.07, 6.45) is 1.87. The summed E-state index contributed by atoms with van der Waals surface area (Å²) in [5.41, 5.74) is 7.93. The van der Waals surface area contributed by atoms with E-state index in [0.29, 0.717) is 18.5 Å². The van der Waals surface area contributed by atoms with Crippen molar-refractivity contribution in [3.8, 4) is 0 Å². The number of aromatic nitrogens is 2. The molecule has 1 rings (SSSR count). The highest BCUT2D eigenvalue weighted by Crippen LogP contribution is 2.19. The summed E-state index contributed by atoms with van der Waals surface area (Å²) in [5.74, 6) is 0.601. The van der Waals surface area contributed by atoms with E-state index in [4.69, 9.17) is 5.73 Å². The molecule has 1 heterocycles. The summed E-state index contributed by atoms with van der Waals surface area (Å²) in [5, 5.41) is 4.34. The fourth-order valence-electron chi connectivity index (χ4n) is 1.35. The zero-order valence-corrected chi connectivity index (χ0v) is 8.91. The number of rotatable bonds is 3. The molecule has 0 spiro atoms. The van der Waals surface area contributed by atoms with E-state index in [1.54, 1.807) is 0 Å². The summed E-state index contributed by atoms with van der Waals surface area (Å²) >= 11 is 0. The maximum atomic E-state index is 5.59. The molecule has 0 aliphatic heterocycles. The van der Waals surface area contributed by atoms with E-state index >= 15 is 0 Å². The zero-order chi connectivity index (χ0) is 10.0. The first-order valence-electron chi connectivity index (χ1n) is 4.81. The second-order valence-corrected chi connectivity index (χ2v) is 3.89. The summed E-state index contributed by atoms with van der Waals surface area (Å²) < 4.78 is 2.06. The molecule has 3 nitrogen and oxygen atoms in total. The molecule has 13 heavy (non-hydrogen) atoms. The molecule has 0 saturated carbocycles. The van der Waals surface area contributed by atoms with E-state index in [2.05, 4.69) is 37.5 Å². The number of nitrogens with two attached hydrogens (primary N) is 1. The van der Waals surface area contributed by atoms with Gasteiger partial charge in [-0.2, -0.15) is 5.10 Å². The Balaban J connectivity index is 2.95. The lowest BCUT2D eigenvalue weighted by Crippen LogP contribution is -2.14. The Morgan fingerprint density at radius 2 is 2.08 bits per heavy atom. The molecule has 0 aliphatic rings. The van der Waals surface area contributed by atoms with Gasteiger partial charge in [0.05, 0.1) is 12.2 Å². The Morgan fingerprint density at radius 1 is 1.46 bits per heavy atom. The van der Waals surface area contributed by atoms with Gasteiger partial charge in [-0.05, 0) is 19.8 Å². The first-order valence-corrected chi connectivity index (χ1v) is 4.81. The number of hydrogen-bond donors (Lipinski definition) is 1. The summed E-state index contributed by atoms with van der Waals surface area (Å²) in [6, 6.07) is 0.445. The number of nitrogens with zero attached hydrogens (tertiary/aromatic N) is 2. The van der Waals surface area contributed by atoms with E-state index in [1.807, 2.05) is 6.20 Å². The normalized spacial score (nSPS) is 13.7. The van der Waals surface area contributed by atoms with Crippen LogP contribution in [0, 0.1) is 12.8 Å². The van der Waals surface area contributed by atoms with Crippen molar-refractivity contribution < 1.29 is 0 Å². The molecular formula is C10H19N3. The van der Waals surface area contributed by atoms with Crippen molar-refractivity contribution in [3.63, 3.8) is 0 Å². The third-order valence-corrected chi connectivity index (χ3v) is 2.72. The van der Waals surface area contributed by atoms with Crippen LogP contribution in [0.5, 0.6) is 0 Å². The van der Waals surface area contributed by atoms with Crippen LogP contribution >= 0.6 is 0 Å². The summed E-state index contributed by atoms with van der Waals surface area (Å²) in [6.45, 7) is 9.25. The van der Waals surface area contributed by atoms with Crippen LogP contribution in [-0.4, -0.2) is 9.78 Å². The SMILES string of the molecule is Cc1c(CN)cnn1C(C)C(C)C. The maximum Gasteiger partial charge on any atom is 0.0537 e. The minimum atomic E-state index is 0.445. The Bertz CT molecular complexity index is 276. The molecule has 74 valence electrons. The van der Waals surface area contributed by atoms with Gasteiger partial charge in [0.1, 0.15) is 0 Å². The van der Waals surface area contributed by atoms with Crippen LogP contribution in [0.25, 0.3) is 0 Å². The third kappa shape index (κ3) is 1.91. The fraction of sp³-hybridized carbons (Fsp3) is 0.700. The molecule has 0 amide bonds. The molecule has 0 saturated heterocycles. The molecule has 1 aromatic heterocycles. The Kier molecular flexibility index (Phi) is 3.09. The van der Waals surface area contributed by atoms with Crippen LogP contribution in [0.15, 0.2) is 6.20 Å². The average Bonchev–Trinajstić information content (AvgIpc) is 2.45. The van der Waals surface area contributed by atoms with Gasteiger partial charge in [0.25, 0.3) is 0 Å². The van der Waals surface area contributed by atoms with Gasteiger partial charge in [-0.15, -0.1) is 0 Å². The van der Waals surface area contributed by atoms with Crippen molar-refractivity contribution in [3.05, 3.63) is 17.5 Å². The van der Waals surface area contributed by atoms with Crippen LogP contribution < -0.4 is 5.73 Å². The molecule has 1 aromatic rings. The third-order valence-electron chi connectivity index (χ3n) is 2.72. The quantitative estimate of drug-likeness (QED) is 0.773. The van der Waals surface area contributed by atoms with E-state index in [-0.39, 0.29) is 0 Å². The average molecular weight is 181 g/mol. The predicted molar refractivity (Wildman–Crippen MR) is 54.4 cm³/mol. The van der Waals surface area contributed by atoms with Crippen molar-refractivity contribution in [1.82, 2.24) is 9.78 Å². The molecule has 1 atom stereocenters. The minimum absolute atomic E-state index is 0.445. The second kappa shape index (κ2) is 3.92. The topological polar surface area (TPSA) is 43.8 Å². The summed E-state index contributed by atoms with van der Waals surface area (Å²) in [4.78, 5) is 0. The van der Waals surface area contributed by atoms with Crippen molar-refractivity contribution in [1.29, 1.82) is 0 Å². The molecule has 0 bridgehead atoms. The second-order valence-electron chi connectivity index (χ2n) is 3.89. The molecule has 0 aromatic carbocycles. The van der Waals surface area contributed by atoms with Gasteiger partial charge in [-0.1, -0.05) is 13.8 Å². The predicted octanol–water partition coefficient (Wildman–Crippen LogP) is 1.87. The van der Waals surface area contributed by atoms with E-state index in [9.17, 15) is 0 Å². The van der Waals surface area contributed by atoms with Crippen LogP contribution in [0.3, 0.4) is 0 Å². The highest BCUT2D eigenvalue weighted by Gasteiger charge is 2.13. The Hall–Kier alpha value is -0.830. The van der Waals surface area contributed by atoms with Crippen molar-refractivity contribution in [2.24, 2.45) is 11.7 Å². The van der Waals surface area contributed by atoms with Crippen molar-refractivity contribution in [2.75, 3.05) is 0 Å². The smallest absolute Gasteiger partial charge is 0.0537 e. The molecule has 1 unspecified atom stereocenters. The van der Waals surface area contributed by atoms with Crippen LogP contribution in [0.1, 0.15) is 38.1 Å².